The zero-order chi connectivity index (χ0) is 21.3. The first-order valence-corrected chi connectivity index (χ1v) is 10.4. The largest absolute Gasteiger partial charge is 0.346 e. The van der Waals surface area contributed by atoms with Crippen molar-refractivity contribution in [2.24, 2.45) is 0 Å². The van der Waals surface area contributed by atoms with Gasteiger partial charge in [0.2, 0.25) is 5.91 Å². The monoisotopic (exact) mass is 404 g/mol. The highest BCUT2D eigenvalue weighted by atomic mass is 16.2. The molecule has 7 nitrogen and oxygen atoms in total. The second kappa shape index (κ2) is 8.26. The lowest BCUT2D eigenvalue weighted by molar-refractivity contribution is -0.117. The quantitative estimate of drug-likeness (QED) is 0.682. The molecular formula is C23H28N6O. The number of likely N-dealkylation sites (N-methyl/N-ethyl adjacent to an activating group) is 1. The van der Waals surface area contributed by atoms with Crippen LogP contribution in [0.4, 0.5) is 11.5 Å². The average Bonchev–Trinajstić information content (AvgIpc) is 3.19. The van der Waals surface area contributed by atoms with Crippen molar-refractivity contribution >= 4 is 17.4 Å². The number of anilines is 2. The highest BCUT2D eigenvalue weighted by Crippen LogP contribution is 2.31. The van der Waals surface area contributed by atoms with Crippen LogP contribution in [-0.2, 0) is 24.2 Å². The first-order valence-electron chi connectivity index (χ1n) is 10.4. The van der Waals surface area contributed by atoms with E-state index in [4.69, 9.17) is 4.98 Å². The maximum absolute atomic E-state index is 12.1. The number of fused-ring (bicyclic) bond motifs is 1. The van der Waals surface area contributed by atoms with Crippen molar-refractivity contribution in [3.05, 3.63) is 65.4 Å². The smallest absolute Gasteiger partial charge is 0.246 e. The summed E-state index contributed by atoms with van der Waals surface area (Å²) in [6.45, 7) is 6.86. The fourth-order valence-corrected chi connectivity index (χ4v) is 3.77. The molecule has 2 aromatic heterocycles. The van der Waals surface area contributed by atoms with E-state index in [0.717, 1.165) is 36.7 Å². The summed E-state index contributed by atoms with van der Waals surface area (Å²) in [4.78, 5) is 23.3. The van der Waals surface area contributed by atoms with Gasteiger partial charge in [-0.25, -0.2) is 9.97 Å². The summed E-state index contributed by atoms with van der Waals surface area (Å²) in [7, 11) is 1.90. The molecule has 30 heavy (non-hydrogen) atoms. The van der Waals surface area contributed by atoms with E-state index < -0.39 is 0 Å². The number of rotatable bonds is 6. The van der Waals surface area contributed by atoms with Crippen LogP contribution in [0.15, 0.2) is 42.7 Å². The Morgan fingerprint density at radius 1 is 1.17 bits per heavy atom. The van der Waals surface area contributed by atoms with E-state index in [0.29, 0.717) is 11.6 Å². The van der Waals surface area contributed by atoms with Crippen molar-refractivity contribution in [1.82, 2.24) is 19.7 Å². The molecule has 1 aliphatic rings. The molecule has 0 bridgehead atoms. The number of nitrogens with one attached hydrogen (secondary N) is 1. The molecule has 0 radical (unpaired) electrons. The van der Waals surface area contributed by atoms with Gasteiger partial charge in [-0.05, 0) is 31.4 Å². The van der Waals surface area contributed by atoms with Gasteiger partial charge in [0.25, 0.3) is 0 Å². The number of aromatic nitrogens is 4. The molecular weight excluding hydrogens is 376 g/mol. The van der Waals surface area contributed by atoms with Crippen LogP contribution in [-0.4, -0.2) is 38.7 Å². The van der Waals surface area contributed by atoms with E-state index in [2.05, 4.69) is 52.8 Å². The summed E-state index contributed by atoms with van der Waals surface area (Å²) >= 11 is 0. The van der Waals surface area contributed by atoms with Crippen LogP contribution in [0.2, 0.25) is 0 Å². The molecule has 0 fully saturated rings. The second-order valence-corrected chi connectivity index (χ2v) is 8.08. The molecule has 0 spiro atoms. The number of carbonyl (C=O) groups is 1. The summed E-state index contributed by atoms with van der Waals surface area (Å²) in [6, 6.07) is 10.3. The van der Waals surface area contributed by atoms with E-state index in [1.54, 1.807) is 0 Å². The lowest BCUT2D eigenvalue weighted by atomic mass is 10.0. The van der Waals surface area contributed by atoms with Crippen molar-refractivity contribution in [3.8, 4) is 0 Å². The van der Waals surface area contributed by atoms with Gasteiger partial charge in [0, 0.05) is 32.1 Å². The number of hydrogen-bond donors (Lipinski definition) is 1. The van der Waals surface area contributed by atoms with E-state index in [-0.39, 0.29) is 11.9 Å². The third kappa shape index (κ3) is 4.06. The summed E-state index contributed by atoms with van der Waals surface area (Å²) in [5.74, 6) is 1.95. The van der Waals surface area contributed by atoms with Gasteiger partial charge in [0.05, 0.1) is 11.9 Å². The van der Waals surface area contributed by atoms with Crippen molar-refractivity contribution in [2.75, 3.05) is 17.3 Å². The Morgan fingerprint density at radius 2 is 1.93 bits per heavy atom. The van der Waals surface area contributed by atoms with Crippen LogP contribution < -0.4 is 10.2 Å². The molecule has 0 saturated carbocycles. The maximum atomic E-state index is 12.1. The molecule has 3 heterocycles. The van der Waals surface area contributed by atoms with Crippen LogP contribution in [0, 0.1) is 6.92 Å². The molecule has 156 valence electrons. The lowest BCUT2D eigenvalue weighted by Gasteiger charge is -2.32. The molecule has 7 heteroatoms. The van der Waals surface area contributed by atoms with E-state index in [1.165, 1.54) is 11.1 Å². The topological polar surface area (TPSA) is 75.9 Å². The van der Waals surface area contributed by atoms with E-state index in [1.807, 2.05) is 42.7 Å². The minimum Gasteiger partial charge on any atom is -0.346 e. The maximum Gasteiger partial charge on any atom is 0.246 e. The molecule has 0 aliphatic carbocycles. The zero-order valence-electron chi connectivity index (χ0n) is 18.0. The molecule has 4 rings (SSSR count). The molecule has 1 unspecified atom stereocenters. The van der Waals surface area contributed by atoms with Gasteiger partial charge in [0.1, 0.15) is 17.6 Å². The number of benzene rings is 1. The first-order chi connectivity index (χ1) is 14.4. The predicted molar refractivity (Wildman–Crippen MR) is 118 cm³/mol. The fourth-order valence-electron chi connectivity index (χ4n) is 3.77. The minimum absolute atomic E-state index is 0.0263. The summed E-state index contributed by atoms with van der Waals surface area (Å²) in [5, 5.41) is 7.46. The normalized spacial score (nSPS) is 16.9. The van der Waals surface area contributed by atoms with Gasteiger partial charge in [-0.2, -0.15) is 5.10 Å². The standard InChI is InChI=1S/C23H28N6O/c1-15(19-8-6-5-7-9-19)13-29-14-18(12-24-29)10-11-20-25-16(2)21-22(26-20)28(4)17(3)23(30)27-21/h5-9,12,14-15,17H,10-11,13H2,1-4H3,(H,27,30)/t15?,17-/m0/s1. The zero-order valence-corrected chi connectivity index (χ0v) is 18.0. The van der Waals surface area contributed by atoms with Gasteiger partial charge < -0.3 is 10.2 Å². The highest BCUT2D eigenvalue weighted by molar-refractivity contribution is 6.02. The number of amides is 1. The minimum atomic E-state index is -0.246. The van der Waals surface area contributed by atoms with Gasteiger partial charge >= 0.3 is 0 Å². The van der Waals surface area contributed by atoms with Gasteiger partial charge in [0.15, 0.2) is 5.82 Å². The lowest BCUT2D eigenvalue weighted by Crippen LogP contribution is -2.45. The number of nitrogens with zero attached hydrogens (tertiary/aromatic N) is 5. The first kappa shape index (κ1) is 20.1. The highest BCUT2D eigenvalue weighted by Gasteiger charge is 2.30. The van der Waals surface area contributed by atoms with Crippen LogP contribution >= 0.6 is 0 Å². The van der Waals surface area contributed by atoms with E-state index >= 15 is 0 Å². The Bertz CT molecular complexity index is 1050. The van der Waals surface area contributed by atoms with E-state index in [9.17, 15) is 4.79 Å². The van der Waals surface area contributed by atoms with Gasteiger partial charge in [-0.1, -0.05) is 37.3 Å². The number of aryl methyl sites for hydroxylation is 3. The predicted octanol–water partition coefficient (Wildman–Crippen LogP) is 3.35. The van der Waals surface area contributed by atoms with Crippen LogP contribution in [0.25, 0.3) is 0 Å². The van der Waals surface area contributed by atoms with Gasteiger partial charge in [-0.3, -0.25) is 9.48 Å². The van der Waals surface area contributed by atoms with Crippen LogP contribution in [0.3, 0.4) is 0 Å². The van der Waals surface area contributed by atoms with Crippen LogP contribution in [0.1, 0.15) is 42.4 Å². The number of carbonyl (C=O) groups excluding carboxylic acids is 1. The third-order valence-corrected chi connectivity index (χ3v) is 5.81. The SMILES string of the molecule is Cc1nc(CCc2cnn(CC(C)c3ccccc3)c2)nc2c1NC(=O)[C@H](C)N2C. The summed E-state index contributed by atoms with van der Waals surface area (Å²) in [5.41, 5.74) is 4.00. The molecule has 1 amide bonds. The third-order valence-electron chi connectivity index (χ3n) is 5.81. The molecule has 1 aliphatic heterocycles. The molecule has 2 atom stereocenters. The second-order valence-electron chi connectivity index (χ2n) is 8.08. The van der Waals surface area contributed by atoms with Crippen molar-refractivity contribution in [2.45, 2.75) is 52.1 Å². The van der Waals surface area contributed by atoms with Crippen molar-refractivity contribution in [1.29, 1.82) is 0 Å². The Labute approximate surface area is 177 Å². The number of hydrogen-bond acceptors (Lipinski definition) is 5. The van der Waals surface area contributed by atoms with Crippen LogP contribution in [0.5, 0.6) is 0 Å². The van der Waals surface area contributed by atoms with Gasteiger partial charge in [-0.15, -0.1) is 0 Å². The fraction of sp³-hybridized carbons (Fsp3) is 0.391. The molecule has 0 saturated heterocycles. The Morgan fingerprint density at radius 3 is 2.70 bits per heavy atom. The average molecular weight is 405 g/mol. The Balaban J connectivity index is 1.42. The summed E-state index contributed by atoms with van der Waals surface area (Å²) < 4.78 is 2.01. The summed E-state index contributed by atoms with van der Waals surface area (Å²) in [6.07, 6.45) is 5.59. The Kier molecular flexibility index (Phi) is 5.53. The molecule has 1 N–H and O–H groups in total. The van der Waals surface area contributed by atoms with Crippen molar-refractivity contribution in [3.63, 3.8) is 0 Å². The molecule has 3 aromatic rings. The Hall–Kier alpha value is -3.22. The molecule has 1 aromatic carbocycles. The van der Waals surface area contributed by atoms with Crippen molar-refractivity contribution < 1.29 is 4.79 Å².